The third kappa shape index (κ3) is 11.1. The molecule has 16 nitrogen and oxygen atoms in total. The number of carbonyl (C=O) groups excluding carboxylic acids is 4. The van der Waals surface area contributed by atoms with Crippen LogP contribution in [0.4, 0.5) is 0 Å². The topological polar surface area (TPSA) is 266 Å². The Morgan fingerprint density at radius 3 is 2.00 bits per heavy atom. The number of aromatic nitrogens is 2. The van der Waals surface area contributed by atoms with Crippen LogP contribution in [0.2, 0.25) is 0 Å². The number of phenols is 1. The number of aromatic hydroxyl groups is 1. The minimum atomic E-state index is -1.39. The van der Waals surface area contributed by atoms with Crippen molar-refractivity contribution in [2.24, 2.45) is 11.7 Å². The minimum absolute atomic E-state index is 0.00735. The van der Waals surface area contributed by atoms with Crippen LogP contribution in [0.1, 0.15) is 38.4 Å². The number of hydrogen-bond acceptors (Lipinski definition) is 9. The normalized spacial score (nSPS) is 14.4. The summed E-state index contributed by atoms with van der Waals surface area (Å²) in [5.74, 6) is -6.28. The fraction of sp³-hybridized carbons (Fsp3) is 0.444. The lowest BCUT2D eigenvalue weighted by atomic mass is 10.0. The molecule has 5 atom stereocenters. The molecule has 1 aromatic heterocycles. The molecule has 0 saturated carbocycles. The standard InChI is InChI=1S/C27H37N7O9/c1-13(2)22(34-24(39)18(28)10-21(36)37)26(41)31-14(3)23(38)32-19(9-16-11-29-12-30-16)25(40)33-20(27(42)43)8-15-4-6-17(35)7-5-15/h4-7,11-14,18-20,22,35H,8-10,28H2,1-3H3,(H,29,30)(H,31,41)(H,32,38)(H,33,40)(H,34,39)(H,36,37)(H,42,43)/t14-,18-,19-,20-,22-/m0/s1. The van der Waals surface area contributed by atoms with E-state index in [2.05, 4.69) is 31.2 Å². The molecule has 234 valence electrons. The van der Waals surface area contributed by atoms with E-state index in [0.717, 1.165) is 0 Å². The number of carbonyl (C=O) groups is 6. The monoisotopic (exact) mass is 603 g/mol. The van der Waals surface area contributed by atoms with Crippen LogP contribution in [0, 0.1) is 5.92 Å². The van der Waals surface area contributed by atoms with E-state index in [9.17, 15) is 39.0 Å². The van der Waals surface area contributed by atoms with Crippen LogP contribution >= 0.6 is 0 Å². The molecular weight excluding hydrogens is 566 g/mol. The van der Waals surface area contributed by atoms with Gasteiger partial charge < -0.3 is 47.3 Å². The summed E-state index contributed by atoms with van der Waals surface area (Å²) in [5, 5.41) is 37.8. The molecule has 0 saturated heterocycles. The van der Waals surface area contributed by atoms with Crippen LogP contribution in [0.3, 0.4) is 0 Å². The number of nitrogens with zero attached hydrogens (tertiary/aromatic N) is 1. The van der Waals surface area contributed by atoms with E-state index in [4.69, 9.17) is 10.8 Å². The Hall–Kier alpha value is -4.99. The first-order valence-corrected chi connectivity index (χ1v) is 13.3. The zero-order valence-corrected chi connectivity index (χ0v) is 23.9. The molecule has 1 aromatic carbocycles. The van der Waals surface area contributed by atoms with Crippen molar-refractivity contribution in [1.82, 2.24) is 31.2 Å². The van der Waals surface area contributed by atoms with Gasteiger partial charge in [-0.1, -0.05) is 26.0 Å². The SMILES string of the molecule is CC(C)[C@H](NC(=O)[C@@H](N)CC(=O)O)C(=O)N[C@@H](C)C(=O)N[C@@H](Cc1cnc[nH]1)C(=O)N[C@@H](Cc1ccc(O)cc1)C(=O)O. The van der Waals surface area contributed by atoms with Crippen LogP contribution < -0.4 is 27.0 Å². The van der Waals surface area contributed by atoms with Crippen molar-refractivity contribution in [3.8, 4) is 5.75 Å². The number of aliphatic carboxylic acids is 2. The molecule has 0 aliphatic carbocycles. The average Bonchev–Trinajstić information content (AvgIpc) is 3.44. The smallest absolute Gasteiger partial charge is 0.326 e. The van der Waals surface area contributed by atoms with Crippen LogP contribution in [-0.4, -0.2) is 91.1 Å². The fourth-order valence-corrected chi connectivity index (χ4v) is 3.91. The van der Waals surface area contributed by atoms with Crippen LogP contribution in [0.15, 0.2) is 36.8 Å². The molecule has 0 aliphatic rings. The molecule has 0 aliphatic heterocycles. The quantitative estimate of drug-likeness (QED) is 0.105. The van der Waals surface area contributed by atoms with Gasteiger partial charge in [0.2, 0.25) is 23.6 Å². The summed E-state index contributed by atoms with van der Waals surface area (Å²) in [7, 11) is 0. The molecule has 4 amide bonds. The first kappa shape index (κ1) is 34.2. The van der Waals surface area contributed by atoms with E-state index in [1.165, 1.54) is 43.7 Å². The van der Waals surface area contributed by atoms with Gasteiger partial charge in [-0.25, -0.2) is 9.78 Å². The number of nitrogens with two attached hydrogens (primary N) is 1. The molecule has 0 radical (unpaired) electrons. The van der Waals surface area contributed by atoms with Crippen molar-refractivity contribution < 1.29 is 44.1 Å². The highest BCUT2D eigenvalue weighted by Crippen LogP contribution is 2.12. The second-order valence-corrected chi connectivity index (χ2v) is 10.3. The zero-order valence-electron chi connectivity index (χ0n) is 23.9. The number of rotatable bonds is 16. The molecule has 10 N–H and O–H groups in total. The van der Waals surface area contributed by atoms with E-state index >= 15 is 0 Å². The Morgan fingerprint density at radius 2 is 1.47 bits per heavy atom. The van der Waals surface area contributed by atoms with Crippen LogP contribution in [0.5, 0.6) is 5.75 Å². The zero-order chi connectivity index (χ0) is 32.3. The van der Waals surface area contributed by atoms with Gasteiger partial charge in [0.15, 0.2) is 0 Å². The summed E-state index contributed by atoms with van der Waals surface area (Å²) in [6.45, 7) is 4.60. The summed E-state index contributed by atoms with van der Waals surface area (Å²) >= 11 is 0. The maximum atomic E-state index is 13.2. The molecule has 0 bridgehead atoms. The molecule has 16 heteroatoms. The lowest BCUT2D eigenvalue weighted by molar-refractivity contribution is -0.142. The number of aromatic amines is 1. The largest absolute Gasteiger partial charge is 0.508 e. The number of carboxylic acid groups (broad SMARTS) is 2. The van der Waals surface area contributed by atoms with E-state index in [-0.39, 0.29) is 18.6 Å². The van der Waals surface area contributed by atoms with Crippen molar-refractivity contribution >= 4 is 35.6 Å². The minimum Gasteiger partial charge on any atom is -0.508 e. The highest BCUT2D eigenvalue weighted by Gasteiger charge is 2.32. The number of imidazole rings is 1. The third-order valence-electron chi connectivity index (χ3n) is 6.33. The maximum absolute atomic E-state index is 13.2. The summed E-state index contributed by atoms with van der Waals surface area (Å²) < 4.78 is 0. The number of carboxylic acids is 2. The van der Waals surface area contributed by atoms with Gasteiger partial charge in [0, 0.05) is 24.7 Å². The molecule has 0 unspecified atom stereocenters. The Morgan fingerprint density at radius 1 is 0.837 bits per heavy atom. The van der Waals surface area contributed by atoms with Crippen molar-refractivity contribution in [3.05, 3.63) is 48.0 Å². The van der Waals surface area contributed by atoms with Crippen molar-refractivity contribution in [1.29, 1.82) is 0 Å². The Labute approximate surface area is 246 Å². The van der Waals surface area contributed by atoms with E-state index in [1.54, 1.807) is 13.8 Å². The molecule has 0 spiro atoms. The number of phenolic OH excluding ortho intramolecular Hbond substituents is 1. The summed E-state index contributed by atoms with van der Waals surface area (Å²) in [4.78, 5) is 81.0. The fourth-order valence-electron chi connectivity index (χ4n) is 3.91. The number of H-pyrrole nitrogens is 1. The number of amides is 4. The van der Waals surface area contributed by atoms with Gasteiger partial charge in [0.25, 0.3) is 0 Å². The van der Waals surface area contributed by atoms with Gasteiger partial charge in [-0.05, 0) is 30.5 Å². The van der Waals surface area contributed by atoms with E-state index in [1.807, 2.05) is 0 Å². The number of hydrogen-bond donors (Lipinski definition) is 9. The predicted molar refractivity (Wildman–Crippen MR) is 150 cm³/mol. The molecular formula is C27H37N7O9. The van der Waals surface area contributed by atoms with Crippen molar-refractivity contribution in [2.75, 3.05) is 0 Å². The van der Waals surface area contributed by atoms with Crippen molar-refractivity contribution in [2.45, 2.75) is 70.2 Å². The summed E-state index contributed by atoms with van der Waals surface area (Å²) in [6, 6.07) is -0.596. The molecule has 1 heterocycles. The van der Waals surface area contributed by atoms with E-state index in [0.29, 0.717) is 11.3 Å². The van der Waals surface area contributed by atoms with Gasteiger partial charge in [0.05, 0.1) is 18.8 Å². The predicted octanol–water partition coefficient (Wildman–Crippen LogP) is -1.60. The molecule has 2 rings (SSSR count). The van der Waals surface area contributed by atoms with Gasteiger partial charge >= 0.3 is 11.9 Å². The lowest BCUT2D eigenvalue weighted by Gasteiger charge is -2.26. The highest BCUT2D eigenvalue weighted by atomic mass is 16.4. The molecule has 2 aromatic rings. The van der Waals surface area contributed by atoms with Crippen LogP contribution in [-0.2, 0) is 41.6 Å². The number of benzene rings is 1. The second-order valence-electron chi connectivity index (χ2n) is 10.3. The average molecular weight is 604 g/mol. The van der Waals surface area contributed by atoms with E-state index < -0.39 is 78.1 Å². The van der Waals surface area contributed by atoms with Gasteiger partial charge in [-0.3, -0.25) is 24.0 Å². The van der Waals surface area contributed by atoms with Crippen LogP contribution in [0.25, 0.3) is 0 Å². The van der Waals surface area contributed by atoms with Gasteiger partial charge in [-0.15, -0.1) is 0 Å². The Bertz CT molecular complexity index is 1280. The first-order chi connectivity index (χ1) is 20.2. The van der Waals surface area contributed by atoms with Gasteiger partial charge in [0.1, 0.15) is 29.9 Å². The highest BCUT2D eigenvalue weighted by molar-refractivity contribution is 5.95. The van der Waals surface area contributed by atoms with Gasteiger partial charge in [-0.2, -0.15) is 0 Å². The Balaban J connectivity index is 2.12. The third-order valence-corrected chi connectivity index (χ3v) is 6.33. The second kappa shape index (κ2) is 15.9. The Kier molecular flexibility index (Phi) is 12.6. The maximum Gasteiger partial charge on any atom is 0.326 e. The molecule has 0 fully saturated rings. The lowest BCUT2D eigenvalue weighted by Crippen LogP contribution is -2.59. The number of nitrogens with one attached hydrogen (secondary N) is 5. The van der Waals surface area contributed by atoms with Crippen molar-refractivity contribution in [3.63, 3.8) is 0 Å². The first-order valence-electron chi connectivity index (χ1n) is 13.3. The summed E-state index contributed by atoms with van der Waals surface area (Å²) in [5.41, 5.74) is 6.57. The molecule has 43 heavy (non-hydrogen) atoms. The summed E-state index contributed by atoms with van der Waals surface area (Å²) in [6.07, 6.45) is 1.96.